The Morgan fingerprint density at radius 2 is 2.19 bits per heavy atom. The zero-order valence-corrected chi connectivity index (χ0v) is 12.2. The van der Waals surface area contributed by atoms with Crippen LogP contribution in [0.4, 0.5) is 5.69 Å². The molecule has 2 unspecified atom stereocenters. The van der Waals surface area contributed by atoms with Crippen molar-refractivity contribution >= 4 is 23.2 Å². The number of halogens is 1. The highest BCUT2D eigenvalue weighted by atomic mass is 35.5. The number of fused-ring (bicyclic) bond motifs is 1. The van der Waals surface area contributed by atoms with Crippen LogP contribution in [0.5, 0.6) is 0 Å². The molecule has 112 valence electrons. The maximum absolute atomic E-state index is 12.7. The molecule has 21 heavy (non-hydrogen) atoms. The molecule has 1 aromatic carbocycles. The second-order valence-corrected chi connectivity index (χ2v) is 6.02. The third-order valence-electron chi connectivity index (χ3n) is 4.28. The Hall–Kier alpha value is -1.66. The number of nitro groups is 1. The normalized spacial score (nSPS) is 24.7. The topological polar surface area (TPSA) is 75.5 Å². The first-order chi connectivity index (χ1) is 10.1. The number of rotatable bonds is 2. The van der Waals surface area contributed by atoms with E-state index in [-0.39, 0.29) is 22.7 Å². The second-order valence-electron chi connectivity index (χ2n) is 5.58. The van der Waals surface area contributed by atoms with Crippen LogP contribution in [0.15, 0.2) is 18.2 Å². The molecule has 2 aliphatic rings. The molecule has 0 saturated carbocycles. The van der Waals surface area contributed by atoms with Crippen molar-refractivity contribution in [2.45, 2.75) is 18.9 Å². The number of nitrogens with zero attached hydrogens (tertiary/aromatic N) is 2. The van der Waals surface area contributed by atoms with Crippen LogP contribution in [-0.2, 0) is 0 Å². The maximum Gasteiger partial charge on any atom is 0.271 e. The highest BCUT2D eigenvalue weighted by Gasteiger charge is 2.37. The van der Waals surface area contributed by atoms with Gasteiger partial charge in [0.15, 0.2) is 0 Å². The van der Waals surface area contributed by atoms with Gasteiger partial charge in [-0.05, 0) is 24.8 Å². The summed E-state index contributed by atoms with van der Waals surface area (Å²) in [6, 6.07) is 4.25. The predicted octanol–water partition coefficient (Wildman–Crippen LogP) is 2.07. The zero-order chi connectivity index (χ0) is 15.0. The fourth-order valence-electron chi connectivity index (χ4n) is 3.29. The van der Waals surface area contributed by atoms with E-state index in [0.717, 1.165) is 25.9 Å². The Morgan fingerprint density at radius 3 is 2.95 bits per heavy atom. The fourth-order valence-corrected chi connectivity index (χ4v) is 3.52. The van der Waals surface area contributed by atoms with Crippen molar-refractivity contribution in [2.75, 3.05) is 19.6 Å². The van der Waals surface area contributed by atoms with Crippen LogP contribution in [0, 0.1) is 16.0 Å². The summed E-state index contributed by atoms with van der Waals surface area (Å²) in [5, 5.41) is 14.4. The predicted molar refractivity (Wildman–Crippen MR) is 78.5 cm³/mol. The minimum Gasteiger partial charge on any atom is -0.334 e. The van der Waals surface area contributed by atoms with E-state index in [0.29, 0.717) is 18.0 Å². The van der Waals surface area contributed by atoms with Gasteiger partial charge >= 0.3 is 0 Å². The molecule has 0 aromatic heterocycles. The largest absolute Gasteiger partial charge is 0.334 e. The van der Waals surface area contributed by atoms with E-state index in [9.17, 15) is 14.9 Å². The summed E-state index contributed by atoms with van der Waals surface area (Å²) in [6.45, 7) is 2.42. The third kappa shape index (κ3) is 2.73. The van der Waals surface area contributed by atoms with Crippen molar-refractivity contribution in [2.24, 2.45) is 5.92 Å². The highest BCUT2D eigenvalue weighted by Crippen LogP contribution is 2.29. The Labute approximate surface area is 127 Å². The van der Waals surface area contributed by atoms with Gasteiger partial charge in [0.25, 0.3) is 11.6 Å². The van der Waals surface area contributed by atoms with Gasteiger partial charge in [-0.15, -0.1) is 0 Å². The lowest BCUT2D eigenvalue weighted by molar-refractivity contribution is -0.384. The highest BCUT2D eigenvalue weighted by molar-refractivity contribution is 6.31. The van der Waals surface area contributed by atoms with E-state index in [2.05, 4.69) is 5.32 Å². The molecule has 3 rings (SSSR count). The number of amides is 1. The monoisotopic (exact) mass is 309 g/mol. The van der Waals surface area contributed by atoms with E-state index in [4.69, 9.17) is 11.6 Å². The molecule has 2 heterocycles. The quantitative estimate of drug-likeness (QED) is 0.670. The Balaban J connectivity index is 1.89. The molecule has 1 N–H and O–H groups in total. The van der Waals surface area contributed by atoms with Crippen molar-refractivity contribution in [3.63, 3.8) is 0 Å². The smallest absolute Gasteiger partial charge is 0.271 e. The average molecular weight is 310 g/mol. The summed E-state index contributed by atoms with van der Waals surface area (Å²) in [5.74, 6) is 0.316. The van der Waals surface area contributed by atoms with Gasteiger partial charge in [-0.1, -0.05) is 11.6 Å². The molecule has 2 atom stereocenters. The molecule has 0 radical (unpaired) electrons. The van der Waals surface area contributed by atoms with Gasteiger partial charge in [-0.2, -0.15) is 0 Å². The van der Waals surface area contributed by atoms with Crippen molar-refractivity contribution in [3.05, 3.63) is 38.9 Å². The molecule has 1 amide bonds. The van der Waals surface area contributed by atoms with Crippen LogP contribution in [0.1, 0.15) is 23.2 Å². The van der Waals surface area contributed by atoms with Crippen LogP contribution in [0.3, 0.4) is 0 Å². The molecule has 1 aromatic rings. The number of carbonyl (C=O) groups excluding carboxylic acids is 1. The van der Waals surface area contributed by atoms with Crippen molar-refractivity contribution in [1.29, 1.82) is 0 Å². The molecule has 0 aliphatic carbocycles. The van der Waals surface area contributed by atoms with Gasteiger partial charge in [-0.25, -0.2) is 0 Å². The average Bonchev–Trinajstić information content (AvgIpc) is 2.94. The molecule has 2 fully saturated rings. The molecule has 7 heteroatoms. The first-order valence-electron chi connectivity index (χ1n) is 7.03. The Morgan fingerprint density at radius 1 is 1.38 bits per heavy atom. The summed E-state index contributed by atoms with van der Waals surface area (Å²) < 4.78 is 0. The van der Waals surface area contributed by atoms with E-state index in [1.165, 1.54) is 18.2 Å². The first kappa shape index (κ1) is 14.3. The van der Waals surface area contributed by atoms with Crippen LogP contribution in [0.2, 0.25) is 5.02 Å². The van der Waals surface area contributed by atoms with E-state index >= 15 is 0 Å². The number of nitro benzene ring substituents is 1. The molecular weight excluding hydrogens is 294 g/mol. The van der Waals surface area contributed by atoms with E-state index in [1.54, 1.807) is 0 Å². The van der Waals surface area contributed by atoms with Gasteiger partial charge in [0.2, 0.25) is 0 Å². The van der Waals surface area contributed by atoms with Gasteiger partial charge in [0.1, 0.15) is 0 Å². The van der Waals surface area contributed by atoms with Gasteiger partial charge in [0.05, 0.1) is 4.92 Å². The van der Waals surface area contributed by atoms with Crippen LogP contribution in [-0.4, -0.2) is 41.4 Å². The SMILES string of the molecule is O=C(c1cc(Cl)cc([N+](=O)[O-])c1)N1CCCC2CNCC21. The third-order valence-corrected chi connectivity index (χ3v) is 4.50. The molecular formula is C14H16ClN3O3. The number of piperidine rings is 1. The van der Waals surface area contributed by atoms with E-state index in [1.807, 2.05) is 4.90 Å². The lowest BCUT2D eigenvalue weighted by Crippen LogP contribution is -2.48. The molecule has 6 nitrogen and oxygen atoms in total. The minimum atomic E-state index is -0.529. The molecule has 2 saturated heterocycles. The second kappa shape index (κ2) is 5.61. The van der Waals surface area contributed by atoms with Crippen molar-refractivity contribution in [1.82, 2.24) is 10.2 Å². The van der Waals surface area contributed by atoms with Crippen LogP contribution >= 0.6 is 11.6 Å². The number of benzene rings is 1. The summed E-state index contributed by atoms with van der Waals surface area (Å²) in [5.41, 5.74) is 0.144. The lowest BCUT2D eigenvalue weighted by Gasteiger charge is -2.37. The lowest BCUT2D eigenvalue weighted by atomic mass is 9.91. The maximum atomic E-state index is 12.7. The summed E-state index contributed by atoms with van der Waals surface area (Å²) in [7, 11) is 0. The van der Waals surface area contributed by atoms with Gasteiger partial charge in [0, 0.05) is 48.4 Å². The number of carbonyl (C=O) groups is 1. The van der Waals surface area contributed by atoms with Gasteiger partial charge in [-0.3, -0.25) is 14.9 Å². The Kier molecular flexibility index (Phi) is 3.82. The first-order valence-corrected chi connectivity index (χ1v) is 7.41. The summed E-state index contributed by atoms with van der Waals surface area (Å²) >= 11 is 5.90. The van der Waals surface area contributed by atoms with Crippen molar-refractivity contribution < 1.29 is 9.72 Å². The number of hydrogen-bond acceptors (Lipinski definition) is 4. The Bertz CT molecular complexity index is 593. The number of likely N-dealkylation sites (tertiary alicyclic amines) is 1. The number of non-ortho nitro benzene ring substituents is 1. The number of hydrogen-bond donors (Lipinski definition) is 1. The molecule has 0 spiro atoms. The standard InChI is InChI=1S/C14H16ClN3O3/c15-11-4-10(5-12(6-11)18(20)21)14(19)17-3-1-2-9-7-16-8-13(9)17/h4-6,9,13,16H,1-3,7-8H2. The molecule has 2 aliphatic heterocycles. The number of nitrogens with one attached hydrogen (secondary N) is 1. The van der Waals surface area contributed by atoms with E-state index < -0.39 is 4.92 Å². The minimum absolute atomic E-state index is 0.149. The summed E-state index contributed by atoms with van der Waals surface area (Å²) in [4.78, 5) is 24.9. The van der Waals surface area contributed by atoms with Crippen molar-refractivity contribution in [3.8, 4) is 0 Å². The van der Waals surface area contributed by atoms with Gasteiger partial charge < -0.3 is 10.2 Å². The zero-order valence-electron chi connectivity index (χ0n) is 11.4. The summed E-state index contributed by atoms with van der Waals surface area (Å²) in [6.07, 6.45) is 2.09. The molecule has 0 bridgehead atoms. The fraction of sp³-hybridized carbons (Fsp3) is 0.500. The van der Waals surface area contributed by atoms with Crippen LogP contribution in [0.25, 0.3) is 0 Å². The van der Waals surface area contributed by atoms with Crippen LogP contribution < -0.4 is 5.32 Å².